The number of esters is 4. The van der Waals surface area contributed by atoms with E-state index in [-0.39, 0.29) is 109 Å². The molecule has 820 valence electrons. The predicted molar refractivity (Wildman–Crippen MR) is 556 cm³/mol. The number of hydrogen-bond donors (Lipinski definition) is 0. The van der Waals surface area contributed by atoms with Crippen molar-refractivity contribution in [1.82, 2.24) is 0 Å². The van der Waals surface area contributed by atoms with Crippen molar-refractivity contribution >= 4 is 47.3 Å². The maximum Gasteiger partial charge on any atom is 0.475 e. The van der Waals surface area contributed by atoms with Crippen LogP contribution in [0.5, 0.6) is 0 Å². The fourth-order valence-electron chi connectivity index (χ4n) is 21.2. The minimum atomic E-state index is -4.77. The van der Waals surface area contributed by atoms with Crippen LogP contribution in [-0.2, 0) is 83.5 Å². The number of fused-ring (bicyclic) bond motifs is 9. The van der Waals surface area contributed by atoms with E-state index in [1.807, 2.05) is 12.1 Å². The van der Waals surface area contributed by atoms with Gasteiger partial charge in [-0.3, -0.25) is 46.3 Å². The third kappa shape index (κ3) is 71.1. The Morgan fingerprint density at radius 3 is 0.657 bits per heavy atom. The number of quaternary nitrogens is 3. The molecular weight excluding hydrogens is 1850 g/mol. The van der Waals surface area contributed by atoms with E-state index >= 15 is 0 Å². The van der Waals surface area contributed by atoms with Crippen LogP contribution in [-0.4, -0.2) is 188 Å². The zero-order valence-corrected chi connectivity index (χ0v) is 93.3. The highest BCUT2D eigenvalue weighted by molar-refractivity contribution is 7.48. The summed E-state index contributed by atoms with van der Waals surface area (Å²) >= 11 is 0. The quantitative estimate of drug-likeness (QED) is 0.0179. The zero-order valence-electron chi connectivity index (χ0n) is 89.9. The van der Waals surface area contributed by atoms with Crippen molar-refractivity contribution in [3.63, 3.8) is 0 Å². The molecule has 4 unspecified atom stereocenters. The second kappa shape index (κ2) is 87.1. The number of nitriles is 2. The third-order valence-electron chi connectivity index (χ3n) is 30.7. The number of carbonyl (C=O) groups excluding carboxylic acids is 4. The van der Waals surface area contributed by atoms with Crippen LogP contribution >= 0.6 is 23.5 Å². The van der Waals surface area contributed by atoms with Crippen LogP contribution in [0, 0.1) is 40.4 Å². The number of piperidine rings is 9. The molecule has 0 radical (unpaired) electrons. The van der Waals surface area contributed by atoms with E-state index in [4.69, 9.17) is 56.6 Å². The van der Waals surface area contributed by atoms with Gasteiger partial charge in [0.05, 0.1) is 118 Å². The molecule has 4 atom stereocenters. The lowest BCUT2D eigenvalue weighted by atomic mass is 9.86. The molecule has 6 bridgehead atoms. The summed E-state index contributed by atoms with van der Waals surface area (Å²) in [6.45, 7) is 20.4. The second-order valence-corrected chi connectivity index (χ2v) is 47.2. The highest BCUT2D eigenvalue weighted by atomic mass is 35.5. The van der Waals surface area contributed by atoms with E-state index < -0.39 is 47.6 Å². The van der Waals surface area contributed by atoms with Gasteiger partial charge in [-0.2, -0.15) is 10.5 Å². The molecule has 9 fully saturated rings. The number of unbranched alkanes of at least 4 members (excludes halogenated alkanes) is 56. The average molecular weight is 2060 g/mol. The Morgan fingerprint density at radius 1 is 0.271 bits per heavy atom. The number of rotatable bonds is 94. The van der Waals surface area contributed by atoms with Gasteiger partial charge in [-0.05, 0) is 101 Å². The summed E-state index contributed by atoms with van der Waals surface area (Å²) in [5.41, 5.74) is 0. The normalized spacial score (nSPS) is 20.3. The third-order valence-corrected chi connectivity index (χ3v) is 34.1. The first-order chi connectivity index (χ1) is 67.7. The summed E-state index contributed by atoms with van der Waals surface area (Å²) in [5, 5.41) is 18.2. The van der Waals surface area contributed by atoms with Gasteiger partial charge < -0.3 is 63.7 Å². The van der Waals surface area contributed by atoms with Crippen LogP contribution in [0.15, 0.2) is 0 Å². The molecule has 0 spiro atoms. The van der Waals surface area contributed by atoms with Gasteiger partial charge in [0.15, 0.2) is 12.2 Å². The molecule has 9 aliphatic heterocycles. The van der Waals surface area contributed by atoms with Crippen molar-refractivity contribution < 1.29 is 119 Å². The lowest BCUT2D eigenvalue weighted by Gasteiger charge is -2.49. The van der Waals surface area contributed by atoms with Gasteiger partial charge in [-0.1, -0.05) is 387 Å². The fourth-order valence-corrected chi connectivity index (χ4v) is 23.9. The largest absolute Gasteiger partial charge is 1.00 e. The fraction of sp³-hybridized carbons (Fsp3) is 0.946. The summed E-state index contributed by atoms with van der Waals surface area (Å²) in [6.07, 6.45) is 85.4. The van der Waals surface area contributed by atoms with Crippen LogP contribution < -0.4 is 22.2 Å². The Hall–Kier alpha value is -2.64. The molecule has 25 nitrogen and oxygen atoms in total. The Morgan fingerprint density at radius 2 is 0.457 bits per heavy atom. The number of nitrogens with zero attached hydrogens (tertiary/aromatic N) is 5. The molecule has 29 heteroatoms. The lowest BCUT2D eigenvalue weighted by Crippen LogP contribution is -3.00. The Bertz CT molecular complexity index is 3000. The first-order valence-corrected chi connectivity index (χ1v) is 62.8. The lowest BCUT2D eigenvalue weighted by molar-refractivity contribution is -0.942. The molecular formula is C111H209ClN5O20P3. The van der Waals surface area contributed by atoms with Gasteiger partial charge in [0, 0.05) is 25.7 Å². The Balaban J connectivity index is 0.000000619. The number of carbonyl (C=O) groups is 4. The van der Waals surface area contributed by atoms with Crippen molar-refractivity contribution in [2.75, 3.05) is 138 Å². The maximum absolute atomic E-state index is 13.8. The minimum Gasteiger partial charge on any atom is -1.00 e. The molecule has 140 heavy (non-hydrogen) atoms. The van der Waals surface area contributed by atoms with E-state index in [9.17, 15) is 42.7 Å². The standard InChI is InChI=1S/2C51H96N2O8P.C9H18NO4P.ClH/c2*1-3-5-7-9-11-13-15-17-19-21-23-25-27-29-31-34-50(54)57-46-49(61-51(55)35-32-30-28-26-24-22-20-18-16-14-12-10-8-6-4-2)47-60-62(56,58-44-33-39-52)59-45-43-53-40-36-48(37-41-53)38-42-53;11-15(12,13)14-8-7-10-4-1-9(2-5-10)3-6-10;/h2*48-49H,3-38,40-47H2,1-2H3;9H,1-8H2,(H-,11,12,13);1H/q2*+1;;/p-2. The van der Waals surface area contributed by atoms with E-state index in [0.717, 1.165) is 180 Å². The van der Waals surface area contributed by atoms with Crippen LogP contribution in [0.1, 0.15) is 509 Å². The van der Waals surface area contributed by atoms with Crippen molar-refractivity contribution in [2.24, 2.45) is 17.8 Å². The average Bonchev–Trinajstić information content (AvgIpc) is 0.811. The van der Waals surface area contributed by atoms with Gasteiger partial charge in [0.2, 0.25) is 0 Å². The molecule has 9 heterocycles. The molecule has 0 amide bonds. The number of phosphoric ester groups is 3. The highest BCUT2D eigenvalue weighted by Crippen LogP contribution is 2.52. The van der Waals surface area contributed by atoms with Crippen LogP contribution in [0.3, 0.4) is 0 Å². The molecule has 9 aliphatic rings. The van der Waals surface area contributed by atoms with E-state index in [2.05, 4.69) is 32.2 Å². The Kier molecular flexibility index (Phi) is 81.8. The first-order valence-electron chi connectivity index (χ1n) is 58.4. The van der Waals surface area contributed by atoms with Gasteiger partial charge in [-0.15, -0.1) is 0 Å². The smallest absolute Gasteiger partial charge is 0.475 e. The zero-order chi connectivity index (χ0) is 100. The van der Waals surface area contributed by atoms with Crippen LogP contribution in [0.2, 0.25) is 0 Å². The SMILES string of the molecule is CCCCCCCCCCCCCCCCCC(=O)OCC(COP(=O)(OCCC#N)OCC[N+]12CCC(CC1)CC2)OC(=O)CCCCCCCCCCCCCCCCC.CCCCCCCCCCCCCCCCCC(=O)OCC(COP(=O)(OCCC#N)OCC[N+]12CCC(CC1)CC2)OC(=O)CCCCCCCCCCCCCCCCC.O=P([O-])([O-])OCC[N+]12CCC(CC1)CC2.[Cl-]. The summed E-state index contributed by atoms with van der Waals surface area (Å²) in [5.74, 6) is 1.08. The van der Waals surface area contributed by atoms with E-state index in [1.165, 1.54) is 366 Å². The second-order valence-electron chi connectivity index (χ2n) is 42.7. The molecule has 0 aromatic rings. The maximum atomic E-state index is 13.8. The van der Waals surface area contributed by atoms with E-state index in [0.29, 0.717) is 19.4 Å². The number of hydrogen-bond acceptors (Lipinski definition) is 22. The van der Waals surface area contributed by atoms with Gasteiger partial charge in [0.1, 0.15) is 52.7 Å². The van der Waals surface area contributed by atoms with Crippen molar-refractivity contribution in [2.45, 2.75) is 521 Å². The first kappa shape index (κ1) is 132. The number of ether oxygens (including phenoxy) is 4. The highest BCUT2D eigenvalue weighted by Gasteiger charge is 2.43. The van der Waals surface area contributed by atoms with E-state index in [1.54, 1.807) is 0 Å². The summed E-state index contributed by atoms with van der Waals surface area (Å²) < 4.78 is 102. The monoisotopic (exact) mass is 2060 g/mol. The van der Waals surface area contributed by atoms with Crippen molar-refractivity contribution in [3.05, 3.63) is 0 Å². The molecule has 0 N–H and O–H groups in total. The summed E-state index contributed by atoms with van der Waals surface area (Å²) in [4.78, 5) is 72.3. The number of phosphoric acid groups is 3. The predicted octanol–water partition coefficient (Wildman–Crippen LogP) is 25.8. The Labute approximate surface area is 861 Å². The number of halogens is 1. The van der Waals surface area contributed by atoms with Gasteiger partial charge >= 0.3 is 39.5 Å². The van der Waals surface area contributed by atoms with Gasteiger partial charge in [0.25, 0.3) is 0 Å². The molecule has 0 aromatic carbocycles. The molecule has 9 saturated heterocycles. The molecule has 0 aliphatic carbocycles. The van der Waals surface area contributed by atoms with Crippen LogP contribution in [0.4, 0.5) is 0 Å². The molecule has 0 saturated carbocycles. The summed E-state index contributed by atoms with van der Waals surface area (Å²) in [7, 11) is -12.9. The van der Waals surface area contributed by atoms with Gasteiger partial charge in [-0.25, -0.2) is 9.13 Å². The molecule has 9 rings (SSSR count). The summed E-state index contributed by atoms with van der Waals surface area (Å²) in [6, 6.07) is 4.01. The van der Waals surface area contributed by atoms with Crippen LogP contribution in [0.25, 0.3) is 0 Å². The van der Waals surface area contributed by atoms with Crippen molar-refractivity contribution in [1.29, 1.82) is 10.5 Å². The van der Waals surface area contributed by atoms with Crippen molar-refractivity contribution in [3.8, 4) is 12.1 Å². The minimum absolute atomic E-state index is 0. The topological polar surface area (TPSA) is 315 Å². The molecule has 0 aromatic heterocycles.